The largest absolute Gasteiger partial charge is 0.497 e. The highest BCUT2D eigenvalue weighted by Crippen LogP contribution is 2.12. The van der Waals surface area contributed by atoms with Crippen molar-refractivity contribution in [2.75, 3.05) is 26.8 Å². The van der Waals surface area contributed by atoms with E-state index >= 15 is 0 Å². The van der Waals surface area contributed by atoms with Gasteiger partial charge < -0.3 is 19.7 Å². The lowest BCUT2D eigenvalue weighted by Crippen LogP contribution is -3.13. The third-order valence-corrected chi connectivity index (χ3v) is 5.48. The van der Waals surface area contributed by atoms with E-state index in [0.717, 1.165) is 43.9 Å². The fraction of sp³-hybridized carbons (Fsp3) is 0.450. The van der Waals surface area contributed by atoms with E-state index in [2.05, 4.69) is 22.8 Å². The number of amides is 1. The lowest BCUT2D eigenvalue weighted by molar-refractivity contribution is -0.908. The highest BCUT2D eigenvalue weighted by Gasteiger charge is 2.24. The van der Waals surface area contributed by atoms with Gasteiger partial charge in [0.15, 0.2) is 6.54 Å². The molecule has 0 saturated carbocycles. The van der Waals surface area contributed by atoms with Gasteiger partial charge in [0.1, 0.15) is 24.9 Å². The van der Waals surface area contributed by atoms with Crippen LogP contribution >= 0.6 is 11.3 Å². The van der Waals surface area contributed by atoms with Gasteiger partial charge in [-0.1, -0.05) is 18.2 Å². The monoisotopic (exact) mass is 375 g/mol. The van der Waals surface area contributed by atoms with E-state index in [1.165, 1.54) is 9.78 Å². The van der Waals surface area contributed by atoms with Gasteiger partial charge in [-0.3, -0.25) is 4.79 Å². The number of benzene rings is 1. The third kappa shape index (κ3) is 5.83. The Morgan fingerprint density at radius 3 is 2.85 bits per heavy atom. The van der Waals surface area contributed by atoms with Crippen molar-refractivity contribution < 1.29 is 19.2 Å². The average molecular weight is 376 g/mol. The highest BCUT2D eigenvalue weighted by atomic mass is 32.1. The van der Waals surface area contributed by atoms with Crippen LogP contribution in [0.25, 0.3) is 0 Å². The zero-order valence-electron chi connectivity index (χ0n) is 15.2. The second-order valence-corrected chi connectivity index (χ2v) is 7.68. The first-order chi connectivity index (χ1) is 12.7. The molecule has 2 aromatic rings. The summed E-state index contributed by atoms with van der Waals surface area (Å²) in [6.07, 6.45) is 2.50. The SMILES string of the molecule is COc1ccc(CNC(=O)C[NH+](Cc2cccs2)C[C@@H]2CCCO2)cc1. The van der Waals surface area contributed by atoms with Crippen LogP contribution in [0.1, 0.15) is 23.3 Å². The van der Waals surface area contributed by atoms with Crippen molar-refractivity contribution in [2.24, 2.45) is 0 Å². The minimum atomic E-state index is 0.0744. The molecule has 1 unspecified atom stereocenters. The Morgan fingerprint density at radius 1 is 1.35 bits per heavy atom. The van der Waals surface area contributed by atoms with E-state index in [1.807, 2.05) is 24.3 Å². The van der Waals surface area contributed by atoms with Crippen molar-refractivity contribution >= 4 is 17.2 Å². The molecule has 140 valence electrons. The topological polar surface area (TPSA) is 52.0 Å². The molecule has 2 N–H and O–H groups in total. The van der Waals surface area contributed by atoms with Gasteiger partial charge in [-0.2, -0.15) is 0 Å². The Bertz CT molecular complexity index is 667. The van der Waals surface area contributed by atoms with Crippen LogP contribution in [-0.2, 0) is 22.6 Å². The Labute approximate surface area is 158 Å². The van der Waals surface area contributed by atoms with Gasteiger partial charge in [-0.05, 0) is 42.0 Å². The summed E-state index contributed by atoms with van der Waals surface area (Å²) in [5.41, 5.74) is 1.07. The fourth-order valence-corrected chi connectivity index (χ4v) is 4.00. The molecule has 1 amide bonds. The van der Waals surface area contributed by atoms with Crippen molar-refractivity contribution in [1.29, 1.82) is 0 Å². The summed E-state index contributed by atoms with van der Waals surface area (Å²) in [6.45, 7) is 3.60. The maximum atomic E-state index is 12.5. The molecule has 2 heterocycles. The van der Waals surface area contributed by atoms with E-state index in [-0.39, 0.29) is 12.0 Å². The summed E-state index contributed by atoms with van der Waals surface area (Å²) in [4.78, 5) is 15.0. The number of methoxy groups -OCH3 is 1. The molecule has 0 bridgehead atoms. The summed E-state index contributed by atoms with van der Waals surface area (Å²) < 4.78 is 10.9. The predicted molar refractivity (Wildman–Crippen MR) is 103 cm³/mol. The Hall–Kier alpha value is -1.89. The zero-order valence-corrected chi connectivity index (χ0v) is 16.0. The number of carbonyl (C=O) groups excluding carboxylic acids is 1. The van der Waals surface area contributed by atoms with Crippen molar-refractivity contribution in [3.8, 4) is 5.75 Å². The summed E-state index contributed by atoms with van der Waals surface area (Å²) in [5.74, 6) is 0.897. The van der Waals surface area contributed by atoms with E-state index in [9.17, 15) is 4.79 Å². The molecule has 1 aromatic heterocycles. The van der Waals surface area contributed by atoms with Crippen LogP contribution in [0.15, 0.2) is 41.8 Å². The van der Waals surface area contributed by atoms with Crippen LogP contribution < -0.4 is 15.0 Å². The maximum Gasteiger partial charge on any atom is 0.275 e. The number of hydrogen-bond acceptors (Lipinski definition) is 4. The third-order valence-electron chi connectivity index (χ3n) is 4.60. The number of quaternary nitrogens is 1. The van der Waals surface area contributed by atoms with Crippen LogP contribution in [0.4, 0.5) is 0 Å². The summed E-state index contributed by atoms with van der Waals surface area (Å²) >= 11 is 1.74. The van der Waals surface area contributed by atoms with Crippen LogP contribution in [-0.4, -0.2) is 38.8 Å². The molecule has 3 rings (SSSR count). The summed E-state index contributed by atoms with van der Waals surface area (Å²) in [5, 5.41) is 5.12. The van der Waals surface area contributed by atoms with Gasteiger partial charge in [0, 0.05) is 13.2 Å². The van der Waals surface area contributed by atoms with Gasteiger partial charge in [0.05, 0.1) is 12.0 Å². The predicted octanol–water partition coefficient (Wildman–Crippen LogP) is 1.64. The zero-order chi connectivity index (χ0) is 18.2. The van der Waals surface area contributed by atoms with Gasteiger partial charge in [-0.25, -0.2) is 0 Å². The van der Waals surface area contributed by atoms with Crippen molar-refractivity contribution in [2.45, 2.75) is 32.0 Å². The Balaban J connectivity index is 1.51. The molecule has 1 aliphatic heterocycles. The number of rotatable bonds is 9. The lowest BCUT2D eigenvalue weighted by atomic mass is 10.2. The fourth-order valence-electron chi connectivity index (χ4n) is 3.23. The van der Waals surface area contributed by atoms with E-state index in [0.29, 0.717) is 13.1 Å². The molecule has 26 heavy (non-hydrogen) atoms. The van der Waals surface area contributed by atoms with Gasteiger partial charge in [-0.15, -0.1) is 11.3 Å². The molecule has 2 atom stereocenters. The molecule has 1 aliphatic rings. The number of ether oxygens (including phenoxy) is 2. The number of nitrogens with one attached hydrogen (secondary N) is 2. The first-order valence-electron chi connectivity index (χ1n) is 9.10. The molecule has 6 heteroatoms. The first-order valence-corrected chi connectivity index (χ1v) is 9.98. The summed E-state index contributed by atoms with van der Waals surface area (Å²) in [6, 6.07) is 12.0. The number of thiophene rings is 1. The molecular formula is C20H27N2O3S+. The second kappa shape index (κ2) is 9.71. The standard InChI is InChI=1S/C20H26N2O3S/c1-24-17-8-6-16(7-9-17)12-21-20(23)15-22(13-18-4-2-10-25-18)14-19-5-3-11-26-19/h3,5-9,11,18H,2,4,10,12-15H2,1H3,(H,21,23)/p+1/t18-/m0/s1. The molecule has 1 saturated heterocycles. The molecule has 0 spiro atoms. The molecule has 1 aromatic carbocycles. The van der Waals surface area contributed by atoms with Crippen LogP contribution in [0, 0.1) is 0 Å². The van der Waals surface area contributed by atoms with E-state index in [1.54, 1.807) is 18.4 Å². The smallest absolute Gasteiger partial charge is 0.275 e. The van der Waals surface area contributed by atoms with Crippen molar-refractivity contribution in [1.82, 2.24) is 5.32 Å². The lowest BCUT2D eigenvalue weighted by Gasteiger charge is -2.21. The Morgan fingerprint density at radius 2 is 2.19 bits per heavy atom. The average Bonchev–Trinajstić information content (AvgIpc) is 3.34. The maximum absolute atomic E-state index is 12.5. The van der Waals surface area contributed by atoms with Crippen molar-refractivity contribution in [3.05, 3.63) is 52.2 Å². The van der Waals surface area contributed by atoms with Crippen LogP contribution in [0.3, 0.4) is 0 Å². The van der Waals surface area contributed by atoms with Gasteiger partial charge in [0.2, 0.25) is 0 Å². The van der Waals surface area contributed by atoms with E-state index < -0.39 is 0 Å². The quantitative estimate of drug-likeness (QED) is 0.701. The van der Waals surface area contributed by atoms with Crippen LogP contribution in [0.5, 0.6) is 5.75 Å². The van der Waals surface area contributed by atoms with Gasteiger partial charge in [0.25, 0.3) is 5.91 Å². The first kappa shape index (κ1) is 18.9. The highest BCUT2D eigenvalue weighted by molar-refractivity contribution is 7.09. The molecule has 0 radical (unpaired) electrons. The van der Waals surface area contributed by atoms with Crippen molar-refractivity contribution in [3.63, 3.8) is 0 Å². The molecule has 0 aliphatic carbocycles. The normalized spacial score (nSPS) is 17.8. The Kier molecular flexibility index (Phi) is 7.05. The van der Waals surface area contributed by atoms with Crippen LogP contribution in [0.2, 0.25) is 0 Å². The molecule has 1 fully saturated rings. The minimum absolute atomic E-state index is 0.0744. The summed E-state index contributed by atoms with van der Waals surface area (Å²) in [7, 11) is 1.65. The number of hydrogen-bond donors (Lipinski definition) is 2. The minimum Gasteiger partial charge on any atom is -0.497 e. The molecular weight excluding hydrogens is 348 g/mol. The van der Waals surface area contributed by atoms with Gasteiger partial charge >= 0.3 is 0 Å². The number of carbonyl (C=O) groups is 1. The second-order valence-electron chi connectivity index (χ2n) is 6.65. The van der Waals surface area contributed by atoms with E-state index in [4.69, 9.17) is 9.47 Å². The molecule has 5 nitrogen and oxygen atoms in total.